The molecule has 1 N–H and O–H groups in total. The van der Waals surface area contributed by atoms with E-state index in [1.807, 2.05) is 13.1 Å². The van der Waals surface area contributed by atoms with Crippen molar-refractivity contribution in [3.63, 3.8) is 0 Å². The highest BCUT2D eigenvalue weighted by Crippen LogP contribution is 2.13. The Morgan fingerprint density at radius 2 is 2.22 bits per heavy atom. The summed E-state index contributed by atoms with van der Waals surface area (Å²) in [5.74, 6) is 0.856. The van der Waals surface area contributed by atoms with Crippen LogP contribution in [0, 0.1) is 6.92 Å². The molecule has 2 heterocycles. The lowest BCUT2D eigenvalue weighted by molar-refractivity contribution is 0.673. The second kappa shape index (κ2) is 6.11. The van der Waals surface area contributed by atoms with E-state index in [1.165, 1.54) is 5.56 Å². The fourth-order valence-corrected chi connectivity index (χ4v) is 2.06. The molecule has 0 spiro atoms. The zero-order chi connectivity index (χ0) is 13.0. The van der Waals surface area contributed by atoms with E-state index in [-0.39, 0.29) is 0 Å². The van der Waals surface area contributed by atoms with E-state index in [0.717, 1.165) is 35.5 Å². The predicted molar refractivity (Wildman–Crippen MR) is 75.8 cm³/mol. The van der Waals surface area contributed by atoms with Gasteiger partial charge in [-0.1, -0.05) is 6.92 Å². The summed E-state index contributed by atoms with van der Waals surface area (Å²) in [7, 11) is 0. The number of nitrogens with zero attached hydrogens (tertiary/aromatic N) is 3. The van der Waals surface area contributed by atoms with Gasteiger partial charge in [0.25, 0.3) is 0 Å². The second-order valence-corrected chi connectivity index (χ2v) is 5.17. The van der Waals surface area contributed by atoms with Gasteiger partial charge in [-0.25, -0.2) is 9.67 Å². The van der Waals surface area contributed by atoms with Crippen molar-refractivity contribution in [2.75, 3.05) is 6.54 Å². The van der Waals surface area contributed by atoms with E-state index in [9.17, 15) is 0 Å². The molecule has 0 aromatic carbocycles. The minimum atomic E-state index is 0.856. The summed E-state index contributed by atoms with van der Waals surface area (Å²) in [6, 6.07) is 4.17. The van der Waals surface area contributed by atoms with Gasteiger partial charge in [0.2, 0.25) is 0 Å². The van der Waals surface area contributed by atoms with Crippen molar-refractivity contribution in [2.24, 2.45) is 0 Å². The highest BCUT2D eigenvalue weighted by molar-refractivity contribution is 9.10. The van der Waals surface area contributed by atoms with E-state index in [0.29, 0.717) is 0 Å². The maximum absolute atomic E-state index is 4.50. The van der Waals surface area contributed by atoms with Gasteiger partial charge in [0.1, 0.15) is 0 Å². The van der Waals surface area contributed by atoms with Gasteiger partial charge in [0, 0.05) is 18.4 Å². The van der Waals surface area contributed by atoms with Crippen LogP contribution in [0.4, 0.5) is 0 Å². The molecule has 5 heteroatoms. The Labute approximate surface area is 116 Å². The van der Waals surface area contributed by atoms with Crippen LogP contribution in [0.3, 0.4) is 0 Å². The van der Waals surface area contributed by atoms with Gasteiger partial charge in [-0.3, -0.25) is 0 Å². The quantitative estimate of drug-likeness (QED) is 0.864. The maximum Gasteiger partial charge on any atom is 0.153 e. The SMILES string of the molecule is CCCNCc1cc(C)nc(-n2cc(Br)cn2)c1. The van der Waals surface area contributed by atoms with Crippen molar-refractivity contribution < 1.29 is 0 Å². The van der Waals surface area contributed by atoms with Crippen molar-refractivity contribution in [1.29, 1.82) is 0 Å². The van der Waals surface area contributed by atoms with Crippen LogP contribution in [0.1, 0.15) is 24.6 Å². The average molecular weight is 309 g/mol. The molecule has 0 aliphatic rings. The van der Waals surface area contributed by atoms with Gasteiger partial charge in [0.15, 0.2) is 5.82 Å². The first-order chi connectivity index (χ1) is 8.69. The lowest BCUT2D eigenvalue weighted by Gasteiger charge is -2.07. The first-order valence-corrected chi connectivity index (χ1v) is 6.87. The Balaban J connectivity index is 2.21. The summed E-state index contributed by atoms with van der Waals surface area (Å²) in [6.45, 7) is 6.07. The molecule has 0 saturated carbocycles. The molecule has 0 amide bonds. The van der Waals surface area contributed by atoms with Gasteiger partial charge >= 0.3 is 0 Å². The molecule has 18 heavy (non-hydrogen) atoms. The normalized spacial score (nSPS) is 10.8. The first-order valence-electron chi connectivity index (χ1n) is 6.08. The third-order valence-electron chi connectivity index (χ3n) is 2.54. The molecule has 2 rings (SSSR count). The van der Waals surface area contributed by atoms with Crippen LogP contribution in [-0.4, -0.2) is 21.3 Å². The Hall–Kier alpha value is -1.20. The van der Waals surface area contributed by atoms with E-state index in [4.69, 9.17) is 0 Å². The Kier molecular flexibility index (Phi) is 4.49. The Bertz CT molecular complexity index is 521. The zero-order valence-electron chi connectivity index (χ0n) is 10.7. The van der Waals surface area contributed by atoms with Gasteiger partial charge < -0.3 is 5.32 Å². The number of aryl methyl sites for hydroxylation is 1. The molecule has 0 aliphatic carbocycles. The van der Waals surface area contributed by atoms with Crippen molar-refractivity contribution in [3.8, 4) is 5.82 Å². The number of pyridine rings is 1. The predicted octanol–water partition coefficient (Wildman–Crippen LogP) is 2.84. The van der Waals surface area contributed by atoms with E-state index < -0.39 is 0 Å². The van der Waals surface area contributed by atoms with Gasteiger partial charge in [0.05, 0.1) is 10.7 Å². The van der Waals surface area contributed by atoms with Gasteiger partial charge in [-0.2, -0.15) is 5.10 Å². The van der Waals surface area contributed by atoms with Crippen LogP contribution in [0.2, 0.25) is 0 Å². The molecule has 0 aliphatic heterocycles. The lowest BCUT2D eigenvalue weighted by Crippen LogP contribution is -2.14. The van der Waals surface area contributed by atoms with Crippen LogP contribution < -0.4 is 5.32 Å². The van der Waals surface area contributed by atoms with Crippen molar-refractivity contribution >= 4 is 15.9 Å². The number of rotatable bonds is 5. The molecule has 96 valence electrons. The molecule has 2 aromatic rings. The molecule has 0 bridgehead atoms. The lowest BCUT2D eigenvalue weighted by atomic mass is 10.2. The molecule has 0 saturated heterocycles. The van der Waals surface area contributed by atoms with Crippen LogP contribution in [-0.2, 0) is 6.54 Å². The molecule has 0 fully saturated rings. The average Bonchev–Trinajstić information content (AvgIpc) is 2.76. The zero-order valence-corrected chi connectivity index (χ0v) is 12.2. The Morgan fingerprint density at radius 3 is 2.89 bits per heavy atom. The topological polar surface area (TPSA) is 42.7 Å². The number of hydrogen-bond acceptors (Lipinski definition) is 3. The van der Waals surface area contributed by atoms with Crippen LogP contribution in [0.25, 0.3) is 5.82 Å². The molecule has 0 atom stereocenters. The minimum Gasteiger partial charge on any atom is -0.313 e. The molecular weight excluding hydrogens is 292 g/mol. The number of halogens is 1. The number of nitrogens with one attached hydrogen (secondary N) is 1. The Morgan fingerprint density at radius 1 is 1.39 bits per heavy atom. The van der Waals surface area contributed by atoms with Gasteiger partial charge in [-0.15, -0.1) is 0 Å². The van der Waals surface area contributed by atoms with E-state index in [2.05, 4.69) is 50.4 Å². The minimum absolute atomic E-state index is 0.856. The third-order valence-corrected chi connectivity index (χ3v) is 2.95. The molecule has 0 unspecified atom stereocenters. The van der Waals surface area contributed by atoms with Crippen LogP contribution in [0.15, 0.2) is 29.0 Å². The third kappa shape index (κ3) is 3.40. The molecule has 2 aromatic heterocycles. The highest BCUT2D eigenvalue weighted by atomic mass is 79.9. The highest BCUT2D eigenvalue weighted by Gasteiger charge is 2.04. The first kappa shape index (κ1) is 13.2. The van der Waals surface area contributed by atoms with E-state index >= 15 is 0 Å². The maximum atomic E-state index is 4.50. The van der Waals surface area contributed by atoms with Gasteiger partial charge in [-0.05, 0) is 53.5 Å². The standard InChI is InChI=1S/C13H17BrN4/c1-3-4-15-7-11-5-10(2)17-13(6-11)18-9-12(14)8-16-18/h5-6,8-9,15H,3-4,7H2,1-2H3. The summed E-state index contributed by atoms with van der Waals surface area (Å²) >= 11 is 3.39. The van der Waals surface area contributed by atoms with Crippen molar-refractivity contribution in [1.82, 2.24) is 20.1 Å². The molecule has 4 nitrogen and oxygen atoms in total. The summed E-state index contributed by atoms with van der Waals surface area (Å²) in [4.78, 5) is 4.50. The fraction of sp³-hybridized carbons (Fsp3) is 0.385. The van der Waals surface area contributed by atoms with Crippen LogP contribution >= 0.6 is 15.9 Å². The second-order valence-electron chi connectivity index (χ2n) is 4.25. The number of aromatic nitrogens is 3. The van der Waals surface area contributed by atoms with Crippen LogP contribution in [0.5, 0.6) is 0 Å². The van der Waals surface area contributed by atoms with Crippen molar-refractivity contribution in [2.45, 2.75) is 26.8 Å². The monoisotopic (exact) mass is 308 g/mol. The molecular formula is C13H17BrN4. The number of hydrogen-bond donors (Lipinski definition) is 1. The van der Waals surface area contributed by atoms with Crippen molar-refractivity contribution in [3.05, 3.63) is 40.3 Å². The summed E-state index contributed by atoms with van der Waals surface area (Å²) < 4.78 is 2.73. The summed E-state index contributed by atoms with van der Waals surface area (Å²) in [6.07, 6.45) is 4.81. The largest absolute Gasteiger partial charge is 0.313 e. The fourth-order valence-electron chi connectivity index (χ4n) is 1.78. The molecule has 0 radical (unpaired) electrons. The van der Waals surface area contributed by atoms with E-state index in [1.54, 1.807) is 10.9 Å². The summed E-state index contributed by atoms with van der Waals surface area (Å²) in [5, 5.41) is 7.65. The smallest absolute Gasteiger partial charge is 0.153 e. The summed E-state index contributed by atoms with van der Waals surface area (Å²) in [5.41, 5.74) is 2.24.